The van der Waals surface area contributed by atoms with Gasteiger partial charge in [-0.15, -0.1) is 24.0 Å². The number of primary sulfonamides is 1. The smallest absolute Gasteiger partial charge is 0.238 e. The van der Waals surface area contributed by atoms with E-state index in [2.05, 4.69) is 29.5 Å². The van der Waals surface area contributed by atoms with E-state index in [1.807, 2.05) is 37.3 Å². The summed E-state index contributed by atoms with van der Waals surface area (Å²) in [6.45, 7) is 7.38. The molecule has 0 radical (unpaired) electrons. The van der Waals surface area contributed by atoms with Gasteiger partial charge in [0, 0.05) is 13.6 Å². The number of benzene rings is 2. The van der Waals surface area contributed by atoms with E-state index in [1.165, 1.54) is 6.07 Å². The van der Waals surface area contributed by atoms with Crippen LogP contribution in [-0.4, -0.2) is 28.0 Å². The van der Waals surface area contributed by atoms with Crippen LogP contribution in [0.2, 0.25) is 0 Å². The van der Waals surface area contributed by atoms with Crippen LogP contribution in [-0.2, 0) is 16.6 Å². The predicted octanol–water partition coefficient (Wildman–Crippen LogP) is 3.41. The Bertz CT molecular complexity index is 932. The van der Waals surface area contributed by atoms with E-state index in [0.717, 1.165) is 16.9 Å². The fourth-order valence-electron chi connectivity index (χ4n) is 2.62. The van der Waals surface area contributed by atoms with Gasteiger partial charge in [-0.25, -0.2) is 13.6 Å². The molecule has 2 rings (SSSR count). The van der Waals surface area contributed by atoms with Crippen molar-refractivity contribution in [3.63, 3.8) is 0 Å². The molecule has 7 nitrogen and oxygen atoms in total. The van der Waals surface area contributed by atoms with Crippen LogP contribution >= 0.6 is 24.0 Å². The predicted molar refractivity (Wildman–Crippen MR) is 132 cm³/mol. The monoisotopic (exact) mass is 546 g/mol. The summed E-state index contributed by atoms with van der Waals surface area (Å²) >= 11 is 0. The summed E-state index contributed by atoms with van der Waals surface area (Å²) in [5, 5.41) is 11.7. The lowest BCUT2D eigenvalue weighted by atomic mass is 10.1. The fraction of sp³-hybridized carbons (Fsp3) is 0.381. The third-order valence-corrected chi connectivity index (χ3v) is 5.14. The van der Waals surface area contributed by atoms with Crippen molar-refractivity contribution >= 4 is 40.0 Å². The molecule has 2 aromatic carbocycles. The van der Waals surface area contributed by atoms with E-state index < -0.39 is 10.0 Å². The molecule has 0 heterocycles. The molecule has 1 unspecified atom stereocenters. The summed E-state index contributed by atoms with van der Waals surface area (Å²) < 4.78 is 28.7. The van der Waals surface area contributed by atoms with Gasteiger partial charge in [0.1, 0.15) is 5.75 Å². The SMILES string of the molecule is CN=C(NCc1cccc(S(N)(=O)=O)c1)NC(C)c1ccc(OCC(C)C)cc1.I. The molecule has 0 aliphatic rings. The molecule has 0 aliphatic carbocycles. The zero-order valence-electron chi connectivity index (χ0n) is 17.8. The van der Waals surface area contributed by atoms with Crippen molar-refractivity contribution < 1.29 is 13.2 Å². The second-order valence-corrected chi connectivity index (χ2v) is 8.82. The van der Waals surface area contributed by atoms with Crippen molar-refractivity contribution in [1.29, 1.82) is 0 Å². The maximum absolute atomic E-state index is 11.5. The number of sulfonamides is 1. The van der Waals surface area contributed by atoms with Gasteiger partial charge in [0.15, 0.2) is 5.96 Å². The maximum atomic E-state index is 11.5. The highest BCUT2D eigenvalue weighted by Crippen LogP contribution is 2.18. The Hall–Kier alpha value is -1.85. The third kappa shape index (κ3) is 8.49. The Kier molecular flexibility index (Phi) is 10.6. The Balaban J connectivity index is 0.00000450. The van der Waals surface area contributed by atoms with Crippen molar-refractivity contribution in [2.24, 2.45) is 16.0 Å². The van der Waals surface area contributed by atoms with Gasteiger partial charge in [0.05, 0.1) is 17.5 Å². The normalized spacial score (nSPS) is 12.8. The highest BCUT2D eigenvalue weighted by molar-refractivity contribution is 14.0. The molecule has 1 atom stereocenters. The number of aliphatic imine (C=N–C) groups is 1. The van der Waals surface area contributed by atoms with E-state index in [0.29, 0.717) is 25.0 Å². The number of guanidine groups is 1. The van der Waals surface area contributed by atoms with Gasteiger partial charge in [0.2, 0.25) is 10.0 Å². The summed E-state index contributed by atoms with van der Waals surface area (Å²) in [4.78, 5) is 4.32. The first-order chi connectivity index (χ1) is 13.7. The number of nitrogens with two attached hydrogens (primary N) is 1. The quantitative estimate of drug-likeness (QED) is 0.268. The maximum Gasteiger partial charge on any atom is 0.238 e. The molecule has 4 N–H and O–H groups in total. The van der Waals surface area contributed by atoms with E-state index in [1.54, 1.807) is 19.2 Å². The number of hydrogen-bond donors (Lipinski definition) is 3. The highest BCUT2D eigenvalue weighted by Gasteiger charge is 2.10. The van der Waals surface area contributed by atoms with Crippen LogP contribution in [0.4, 0.5) is 0 Å². The van der Waals surface area contributed by atoms with Gasteiger partial charge in [-0.05, 0) is 48.2 Å². The summed E-state index contributed by atoms with van der Waals surface area (Å²) in [6, 6.07) is 14.5. The lowest BCUT2D eigenvalue weighted by Crippen LogP contribution is -2.38. The van der Waals surface area contributed by atoms with Crippen LogP contribution in [0, 0.1) is 5.92 Å². The van der Waals surface area contributed by atoms with Crippen LogP contribution < -0.4 is 20.5 Å². The average Bonchev–Trinajstić information content (AvgIpc) is 2.69. The van der Waals surface area contributed by atoms with Gasteiger partial charge in [-0.1, -0.05) is 38.1 Å². The van der Waals surface area contributed by atoms with Crippen molar-refractivity contribution in [3.05, 3.63) is 59.7 Å². The number of halogens is 1. The Morgan fingerprint density at radius 3 is 2.37 bits per heavy atom. The van der Waals surface area contributed by atoms with Crippen molar-refractivity contribution in [1.82, 2.24) is 10.6 Å². The number of rotatable bonds is 8. The molecule has 0 spiro atoms. The van der Waals surface area contributed by atoms with E-state index in [9.17, 15) is 8.42 Å². The van der Waals surface area contributed by atoms with Gasteiger partial charge < -0.3 is 15.4 Å². The minimum absolute atomic E-state index is 0. The highest BCUT2D eigenvalue weighted by atomic mass is 127. The zero-order chi connectivity index (χ0) is 21.4. The second-order valence-electron chi connectivity index (χ2n) is 7.26. The van der Waals surface area contributed by atoms with E-state index in [-0.39, 0.29) is 34.9 Å². The fourth-order valence-corrected chi connectivity index (χ4v) is 3.20. The van der Waals surface area contributed by atoms with Gasteiger partial charge >= 0.3 is 0 Å². The number of nitrogens with zero attached hydrogens (tertiary/aromatic N) is 1. The Labute approximate surface area is 196 Å². The standard InChI is InChI=1S/C21H30N4O3S.HI/c1-15(2)14-28-19-10-8-18(9-11-19)16(3)25-21(23-4)24-13-17-6-5-7-20(12-17)29(22,26)27;/h5-12,15-16H,13-14H2,1-4H3,(H2,22,26,27)(H2,23,24,25);1H. The van der Waals surface area contributed by atoms with Crippen molar-refractivity contribution in [3.8, 4) is 5.75 Å². The van der Waals surface area contributed by atoms with Gasteiger partial charge in [-0.3, -0.25) is 4.99 Å². The van der Waals surface area contributed by atoms with Gasteiger partial charge in [0.25, 0.3) is 0 Å². The molecule has 0 aliphatic heterocycles. The average molecular weight is 546 g/mol. The molecule has 2 aromatic rings. The van der Waals surface area contributed by atoms with Crippen LogP contribution in [0.1, 0.15) is 37.9 Å². The lowest BCUT2D eigenvalue weighted by molar-refractivity contribution is 0.271. The summed E-state index contributed by atoms with van der Waals surface area (Å²) in [7, 11) is -2.03. The van der Waals surface area contributed by atoms with E-state index >= 15 is 0 Å². The lowest BCUT2D eigenvalue weighted by Gasteiger charge is -2.19. The van der Waals surface area contributed by atoms with Crippen LogP contribution in [0.5, 0.6) is 5.75 Å². The molecule has 30 heavy (non-hydrogen) atoms. The molecular formula is C21H31IN4O3S. The van der Waals surface area contributed by atoms with Crippen LogP contribution in [0.15, 0.2) is 58.4 Å². The van der Waals surface area contributed by atoms with Crippen LogP contribution in [0.25, 0.3) is 0 Å². The number of hydrogen-bond acceptors (Lipinski definition) is 4. The second kappa shape index (κ2) is 12.1. The summed E-state index contributed by atoms with van der Waals surface area (Å²) in [5.41, 5.74) is 1.89. The Morgan fingerprint density at radius 2 is 1.80 bits per heavy atom. The van der Waals surface area contributed by atoms with E-state index in [4.69, 9.17) is 9.88 Å². The number of nitrogens with one attached hydrogen (secondary N) is 2. The van der Waals surface area contributed by atoms with Crippen molar-refractivity contribution in [2.75, 3.05) is 13.7 Å². The largest absolute Gasteiger partial charge is 0.493 e. The molecule has 0 fully saturated rings. The molecule has 0 saturated heterocycles. The first-order valence-corrected chi connectivity index (χ1v) is 11.1. The molecular weight excluding hydrogens is 515 g/mol. The minimum atomic E-state index is -3.72. The topological polar surface area (TPSA) is 106 Å². The first-order valence-electron chi connectivity index (χ1n) is 9.50. The minimum Gasteiger partial charge on any atom is -0.493 e. The molecule has 0 bridgehead atoms. The van der Waals surface area contributed by atoms with Gasteiger partial charge in [-0.2, -0.15) is 0 Å². The molecule has 0 saturated carbocycles. The van der Waals surface area contributed by atoms with Crippen LogP contribution in [0.3, 0.4) is 0 Å². The summed E-state index contributed by atoms with van der Waals surface area (Å²) in [6.07, 6.45) is 0. The molecule has 0 amide bonds. The third-order valence-electron chi connectivity index (χ3n) is 4.23. The Morgan fingerprint density at radius 1 is 1.13 bits per heavy atom. The molecule has 9 heteroatoms. The summed E-state index contributed by atoms with van der Waals surface area (Å²) in [5.74, 6) is 1.95. The molecule has 0 aromatic heterocycles. The molecule has 166 valence electrons. The van der Waals surface area contributed by atoms with Crippen molar-refractivity contribution in [2.45, 2.75) is 38.3 Å². The zero-order valence-corrected chi connectivity index (χ0v) is 20.9. The first kappa shape index (κ1) is 26.2. The number of ether oxygens (including phenoxy) is 1.